The largest absolute Gasteiger partial charge is 0.497 e. The van der Waals surface area contributed by atoms with Gasteiger partial charge in [0.05, 0.1) is 37.4 Å². The van der Waals surface area contributed by atoms with Crippen LogP contribution in [-0.4, -0.2) is 51.8 Å². The first-order chi connectivity index (χ1) is 20.9. The van der Waals surface area contributed by atoms with Crippen molar-refractivity contribution in [3.63, 3.8) is 0 Å². The number of fused-ring (bicyclic) bond motifs is 3. The number of hydrogen-bond acceptors (Lipinski definition) is 12. The average Bonchev–Trinajstić information content (AvgIpc) is 3.67. The zero-order valence-electron chi connectivity index (χ0n) is 23.3. The molecule has 2 aliphatic rings. The molecule has 0 bridgehead atoms. The van der Waals surface area contributed by atoms with Crippen molar-refractivity contribution in [2.24, 2.45) is 0 Å². The molecule has 0 amide bonds. The highest BCUT2D eigenvalue weighted by Crippen LogP contribution is 2.58. The Morgan fingerprint density at radius 2 is 2.02 bits per heavy atom. The van der Waals surface area contributed by atoms with Crippen molar-refractivity contribution >= 4 is 62.5 Å². The van der Waals surface area contributed by atoms with E-state index in [9.17, 15) is 5.26 Å². The summed E-state index contributed by atoms with van der Waals surface area (Å²) in [6.45, 7) is 2.37. The molecule has 0 aliphatic carbocycles. The molecule has 1 fully saturated rings. The number of nitrogens with one attached hydrogen (secondary N) is 1. The molecule has 0 radical (unpaired) electrons. The summed E-state index contributed by atoms with van der Waals surface area (Å²) < 4.78 is 12.6. The fourth-order valence-corrected chi connectivity index (χ4v) is 8.73. The van der Waals surface area contributed by atoms with E-state index in [0.717, 1.165) is 39.8 Å². The third-order valence-electron chi connectivity index (χ3n) is 7.84. The monoisotopic (exact) mass is 631 g/mol. The van der Waals surface area contributed by atoms with Crippen LogP contribution in [-0.2, 0) is 23.6 Å². The predicted octanol–water partition coefficient (Wildman–Crippen LogP) is 5.03. The number of nitrogens with zero attached hydrogens (tertiary/aromatic N) is 7. The van der Waals surface area contributed by atoms with Gasteiger partial charge in [-0.15, -0.1) is 23.1 Å². The second-order valence-electron chi connectivity index (χ2n) is 10.3. The molecule has 1 aromatic carbocycles. The summed E-state index contributed by atoms with van der Waals surface area (Å²) in [5.74, 6) is 3.75. The molecule has 4 aromatic heterocycles. The summed E-state index contributed by atoms with van der Waals surface area (Å²) in [4.78, 5) is 21.8. The van der Waals surface area contributed by atoms with Crippen LogP contribution in [0, 0.1) is 11.3 Å². The van der Waals surface area contributed by atoms with Crippen LogP contribution >= 0.6 is 34.7 Å². The molecule has 6 heterocycles. The van der Waals surface area contributed by atoms with Crippen molar-refractivity contribution in [3.8, 4) is 17.6 Å². The minimum atomic E-state index is -0.177. The van der Waals surface area contributed by atoms with Gasteiger partial charge in [-0.1, -0.05) is 6.07 Å². The number of aromatic nitrogens is 5. The summed E-state index contributed by atoms with van der Waals surface area (Å²) in [7, 11) is 3.27. The van der Waals surface area contributed by atoms with E-state index in [0.29, 0.717) is 53.7 Å². The molecular formula is C29H26ClN9O2S2. The van der Waals surface area contributed by atoms with Gasteiger partial charge in [0.15, 0.2) is 17.0 Å². The number of thiophene rings is 1. The van der Waals surface area contributed by atoms with Crippen molar-refractivity contribution < 1.29 is 9.47 Å². The lowest BCUT2D eigenvalue weighted by molar-refractivity contribution is 0.391. The summed E-state index contributed by atoms with van der Waals surface area (Å²) >= 11 is 9.85. The van der Waals surface area contributed by atoms with Crippen molar-refractivity contribution in [3.05, 3.63) is 75.3 Å². The van der Waals surface area contributed by atoms with E-state index in [1.165, 1.54) is 16.2 Å². The lowest BCUT2D eigenvalue weighted by atomic mass is 9.88. The highest BCUT2D eigenvalue weighted by atomic mass is 35.5. The minimum absolute atomic E-state index is 0.151. The maximum Gasteiger partial charge on any atom is 0.226 e. The summed E-state index contributed by atoms with van der Waals surface area (Å²) in [5.41, 5.74) is 11.1. The fraction of sp³-hybridized carbons (Fsp3) is 0.276. The minimum Gasteiger partial charge on any atom is -0.497 e. The number of imidazole rings is 1. The van der Waals surface area contributed by atoms with Gasteiger partial charge in [-0.05, 0) is 29.8 Å². The van der Waals surface area contributed by atoms with E-state index in [-0.39, 0.29) is 10.0 Å². The number of benzene rings is 1. The molecule has 14 heteroatoms. The number of nitriles is 1. The van der Waals surface area contributed by atoms with E-state index in [1.54, 1.807) is 26.7 Å². The van der Waals surface area contributed by atoms with Crippen LogP contribution in [0.3, 0.4) is 0 Å². The highest BCUT2D eigenvalue weighted by Gasteiger charge is 2.53. The number of pyridine rings is 1. The predicted molar refractivity (Wildman–Crippen MR) is 169 cm³/mol. The van der Waals surface area contributed by atoms with Crippen molar-refractivity contribution in [2.45, 2.75) is 23.6 Å². The fourth-order valence-electron chi connectivity index (χ4n) is 5.76. The second kappa shape index (κ2) is 10.8. The van der Waals surface area contributed by atoms with E-state index in [1.807, 2.05) is 46.7 Å². The number of anilines is 3. The number of nitrogen functional groups attached to an aromatic ring is 1. The lowest BCUT2D eigenvalue weighted by Gasteiger charge is -2.48. The number of ether oxygens (including phenoxy) is 2. The molecule has 43 heavy (non-hydrogen) atoms. The van der Waals surface area contributed by atoms with Crippen LogP contribution in [0.15, 0.2) is 42.9 Å². The number of methoxy groups -OCH3 is 2. The number of halogens is 1. The first kappa shape index (κ1) is 27.6. The van der Waals surface area contributed by atoms with Crippen LogP contribution in [0.2, 0.25) is 5.28 Å². The Morgan fingerprint density at radius 3 is 2.81 bits per heavy atom. The van der Waals surface area contributed by atoms with Crippen molar-refractivity contribution in [1.82, 2.24) is 24.5 Å². The van der Waals surface area contributed by atoms with E-state index in [2.05, 4.69) is 31.2 Å². The molecule has 0 atom stereocenters. The Bertz CT molecular complexity index is 1910. The van der Waals surface area contributed by atoms with Crippen molar-refractivity contribution in [2.75, 3.05) is 43.3 Å². The second-order valence-corrected chi connectivity index (χ2v) is 13.1. The van der Waals surface area contributed by atoms with Crippen LogP contribution in [0.1, 0.15) is 27.1 Å². The standard InChI is InChI=1S/C29H26ClN9O2S2/c1-40-18-6-5-16(20(8-18)41-2)10-34-25-17(4-3-7-33-25)11-38-15-35-23-26(38)36-28(30)37-27(23)39-13-29(14-39)22-19(9-31)24(32)43-21(22)12-42-29/h3-8,15H,10-14,32H2,1-2H3,(H,33,34). The van der Waals surface area contributed by atoms with Crippen LogP contribution in [0.25, 0.3) is 11.2 Å². The maximum absolute atomic E-state index is 9.75. The zero-order chi connectivity index (χ0) is 29.7. The summed E-state index contributed by atoms with van der Waals surface area (Å²) in [6, 6.07) is 12.0. The van der Waals surface area contributed by atoms with Crippen LogP contribution in [0.4, 0.5) is 16.6 Å². The first-order valence-corrected chi connectivity index (χ1v) is 15.6. The highest BCUT2D eigenvalue weighted by molar-refractivity contribution is 8.00. The molecule has 11 nitrogen and oxygen atoms in total. The molecular weight excluding hydrogens is 606 g/mol. The van der Waals surface area contributed by atoms with Gasteiger partial charge in [-0.3, -0.25) is 0 Å². The molecule has 7 rings (SSSR count). The van der Waals surface area contributed by atoms with Gasteiger partial charge in [0.2, 0.25) is 5.28 Å². The Morgan fingerprint density at radius 1 is 1.16 bits per heavy atom. The Labute approximate surface area is 260 Å². The van der Waals surface area contributed by atoms with Crippen LogP contribution in [0.5, 0.6) is 11.5 Å². The van der Waals surface area contributed by atoms with Gasteiger partial charge in [0, 0.05) is 59.2 Å². The topological polar surface area (TPSA) is 140 Å². The van der Waals surface area contributed by atoms with Gasteiger partial charge in [0.25, 0.3) is 0 Å². The number of thioether (sulfide) groups is 1. The van der Waals surface area contributed by atoms with Gasteiger partial charge in [-0.25, -0.2) is 9.97 Å². The van der Waals surface area contributed by atoms with E-state index in [4.69, 9.17) is 31.8 Å². The van der Waals surface area contributed by atoms with E-state index >= 15 is 0 Å². The molecule has 3 N–H and O–H groups in total. The Balaban J connectivity index is 1.13. The zero-order valence-corrected chi connectivity index (χ0v) is 25.7. The molecule has 218 valence electrons. The number of nitrogens with two attached hydrogens (primary N) is 1. The van der Waals surface area contributed by atoms with Crippen molar-refractivity contribution in [1.29, 1.82) is 5.26 Å². The van der Waals surface area contributed by atoms with Gasteiger partial charge in [0.1, 0.15) is 28.4 Å². The first-order valence-electron chi connectivity index (χ1n) is 13.4. The average molecular weight is 632 g/mol. The number of rotatable bonds is 8. The van der Waals surface area contributed by atoms with Gasteiger partial charge >= 0.3 is 0 Å². The smallest absolute Gasteiger partial charge is 0.226 e. The summed E-state index contributed by atoms with van der Waals surface area (Å²) in [6.07, 6.45) is 3.51. The molecule has 0 unspecified atom stereocenters. The number of hydrogen-bond donors (Lipinski definition) is 2. The maximum atomic E-state index is 9.75. The third-order valence-corrected chi connectivity index (χ3v) is 10.7. The Kier molecular flexibility index (Phi) is 6.92. The third kappa shape index (κ3) is 4.66. The van der Waals surface area contributed by atoms with E-state index < -0.39 is 0 Å². The van der Waals surface area contributed by atoms with Gasteiger partial charge in [-0.2, -0.15) is 15.2 Å². The quantitative estimate of drug-likeness (QED) is 0.223. The normalized spacial score (nSPS) is 14.9. The van der Waals surface area contributed by atoms with Crippen LogP contribution < -0.4 is 25.4 Å². The summed E-state index contributed by atoms with van der Waals surface area (Å²) in [5, 5.41) is 13.9. The lowest BCUT2D eigenvalue weighted by Crippen LogP contribution is -2.57. The molecule has 2 aliphatic heterocycles. The molecule has 5 aromatic rings. The molecule has 1 saturated heterocycles. The Hall–Kier alpha value is -4.25. The SMILES string of the molecule is COc1ccc(CNc2ncccc2Cn2cnc3c(N4CC5(C4)SCc4sc(N)c(C#N)c45)nc(Cl)nc32)c(OC)c1. The molecule has 1 spiro atoms. The van der Waals surface area contributed by atoms with Gasteiger partial charge < -0.3 is 30.0 Å². The molecule has 0 saturated carbocycles.